The molecule has 2 N–H and O–H groups in total. The summed E-state index contributed by atoms with van der Waals surface area (Å²) in [7, 11) is 0. The van der Waals surface area contributed by atoms with Crippen molar-refractivity contribution >= 4 is 39.6 Å². The van der Waals surface area contributed by atoms with Crippen molar-refractivity contribution in [3.05, 3.63) is 94.4 Å². The van der Waals surface area contributed by atoms with Crippen molar-refractivity contribution in [3.63, 3.8) is 0 Å². The first-order valence-corrected chi connectivity index (χ1v) is 14.6. The smallest absolute Gasteiger partial charge is 0.260 e. The highest BCUT2D eigenvalue weighted by atomic mass is 32.1. The van der Waals surface area contributed by atoms with Crippen LogP contribution in [0.2, 0.25) is 0 Å². The lowest BCUT2D eigenvalue weighted by Gasteiger charge is -2.23. The minimum atomic E-state index is -0.105. The molecule has 4 aromatic heterocycles. The van der Waals surface area contributed by atoms with Gasteiger partial charge in [-0.3, -0.25) is 13.9 Å². The van der Waals surface area contributed by atoms with Gasteiger partial charge in [0.1, 0.15) is 12.0 Å². The maximum atomic E-state index is 13.9. The van der Waals surface area contributed by atoms with Gasteiger partial charge in [0.2, 0.25) is 5.95 Å². The molecule has 1 aliphatic heterocycles. The molecule has 1 saturated carbocycles. The maximum absolute atomic E-state index is 13.9. The fraction of sp³-hybridized carbons (Fsp3) is 0.300. The van der Waals surface area contributed by atoms with Gasteiger partial charge in [0.25, 0.3) is 5.56 Å². The van der Waals surface area contributed by atoms with E-state index in [1.165, 1.54) is 29.7 Å². The molecule has 1 unspecified atom stereocenters. The highest BCUT2D eigenvalue weighted by Gasteiger charge is 2.28. The lowest BCUT2D eigenvalue weighted by Crippen LogP contribution is -2.28. The summed E-state index contributed by atoms with van der Waals surface area (Å²) in [5.74, 6) is 1.36. The van der Waals surface area contributed by atoms with Gasteiger partial charge in [-0.2, -0.15) is 4.98 Å². The van der Waals surface area contributed by atoms with E-state index in [0.717, 1.165) is 53.4 Å². The molecule has 9 nitrogen and oxygen atoms in total. The molecule has 2 aliphatic rings. The average Bonchev–Trinajstić information content (AvgIpc) is 3.49. The van der Waals surface area contributed by atoms with Gasteiger partial charge in [0, 0.05) is 41.0 Å². The van der Waals surface area contributed by atoms with Gasteiger partial charge in [0.05, 0.1) is 18.4 Å². The summed E-state index contributed by atoms with van der Waals surface area (Å²) in [5.41, 5.74) is 5.07. The van der Waals surface area contributed by atoms with Crippen molar-refractivity contribution < 1.29 is 0 Å². The first-order chi connectivity index (χ1) is 19.6. The van der Waals surface area contributed by atoms with Crippen LogP contribution < -0.4 is 16.2 Å². The Kier molecular flexibility index (Phi) is 6.49. The number of piperidine rings is 1. The number of nitrogens with zero attached hydrogens (tertiary/aromatic N) is 6. The number of nitrogens with one attached hydrogen (secondary N) is 2. The molecule has 2 fully saturated rings. The van der Waals surface area contributed by atoms with Crippen LogP contribution >= 0.6 is 11.3 Å². The number of benzene rings is 1. The second-order valence-electron chi connectivity index (χ2n) is 10.6. The first kappa shape index (κ1) is 24.9. The fourth-order valence-corrected chi connectivity index (χ4v) is 6.10. The molecule has 40 heavy (non-hydrogen) atoms. The Labute approximate surface area is 235 Å². The Morgan fingerprint density at radius 3 is 2.77 bits per heavy atom. The molecule has 10 heteroatoms. The van der Waals surface area contributed by atoms with Crippen LogP contribution in [0.3, 0.4) is 0 Å². The largest absolute Gasteiger partial charge is 0.324 e. The number of fused-ring (bicyclic) bond motifs is 1. The van der Waals surface area contributed by atoms with Gasteiger partial charge >= 0.3 is 0 Å². The van der Waals surface area contributed by atoms with Crippen molar-refractivity contribution in [2.75, 3.05) is 18.4 Å². The van der Waals surface area contributed by atoms with E-state index in [4.69, 9.17) is 4.98 Å². The van der Waals surface area contributed by atoms with Crippen LogP contribution in [0.4, 0.5) is 11.6 Å². The molecule has 1 aromatic carbocycles. The second kappa shape index (κ2) is 10.4. The molecule has 1 atom stereocenters. The Morgan fingerprint density at radius 2 is 2.02 bits per heavy atom. The van der Waals surface area contributed by atoms with Crippen LogP contribution in [-0.4, -0.2) is 42.2 Å². The van der Waals surface area contributed by atoms with E-state index >= 15 is 0 Å². The lowest BCUT2D eigenvalue weighted by atomic mass is 9.92. The minimum Gasteiger partial charge on any atom is -0.324 e. The van der Waals surface area contributed by atoms with Crippen molar-refractivity contribution in [1.29, 1.82) is 0 Å². The molecule has 0 radical (unpaired) electrons. The molecule has 0 amide bonds. The monoisotopic (exact) mass is 550 g/mol. The Bertz CT molecular complexity index is 1730. The van der Waals surface area contributed by atoms with Gasteiger partial charge < -0.3 is 10.6 Å². The molecule has 7 rings (SSSR count). The summed E-state index contributed by atoms with van der Waals surface area (Å²) in [6, 6.07) is 10.4. The number of imidazole rings is 1. The standard InChI is InChI=1S/C30H30N8OS/c1-19(20-4-5-20)26-13-23-15-34-29(35-24-8-6-21(7-9-24)22-3-2-10-31-14-22)36-27(23)37(28(26)39)17-25-16-32-18-38(25)30-33-11-12-40-30/h6-9,11-13,15-16,18,20,22,31H,1-5,10,14,17H2,(H,34,35,36). The van der Waals surface area contributed by atoms with E-state index in [2.05, 4.69) is 56.4 Å². The molecule has 0 bridgehead atoms. The molecular formula is C30H30N8OS. The molecule has 1 aliphatic carbocycles. The molecule has 5 aromatic rings. The molecule has 0 spiro atoms. The number of rotatable bonds is 8. The predicted octanol–water partition coefficient (Wildman–Crippen LogP) is 5.12. The Morgan fingerprint density at radius 1 is 1.15 bits per heavy atom. The SMILES string of the molecule is C=C(c1cc2cnc(Nc3ccc(C4CCCNC4)cc3)nc2n(Cc2cncn2-c2nccs2)c1=O)C1CC1. The third-order valence-corrected chi connectivity index (χ3v) is 8.61. The molecular weight excluding hydrogens is 520 g/mol. The van der Waals surface area contributed by atoms with Gasteiger partial charge in [0.15, 0.2) is 5.13 Å². The fourth-order valence-electron chi connectivity index (χ4n) is 5.46. The highest BCUT2D eigenvalue weighted by Crippen LogP contribution is 2.40. The lowest BCUT2D eigenvalue weighted by molar-refractivity contribution is 0.461. The van der Waals surface area contributed by atoms with E-state index in [-0.39, 0.29) is 5.56 Å². The van der Waals surface area contributed by atoms with Crippen LogP contribution in [0.15, 0.2) is 72.0 Å². The number of aromatic nitrogens is 6. The molecule has 1 saturated heterocycles. The van der Waals surface area contributed by atoms with Crippen molar-refractivity contribution in [3.8, 4) is 5.13 Å². The zero-order chi connectivity index (χ0) is 27.1. The number of hydrogen-bond donors (Lipinski definition) is 2. The number of hydrogen-bond acceptors (Lipinski definition) is 8. The molecule has 5 heterocycles. The van der Waals surface area contributed by atoms with E-state index in [9.17, 15) is 4.79 Å². The normalized spacial score (nSPS) is 17.2. The predicted molar refractivity (Wildman–Crippen MR) is 158 cm³/mol. The Balaban J connectivity index is 1.25. The van der Waals surface area contributed by atoms with Crippen LogP contribution in [0.1, 0.15) is 48.4 Å². The van der Waals surface area contributed by atoms with Gasteiger partial charge in [-0.1, -0.05) is 18.7 Å². The summed E-state index contributed by atoms with van der Waals surface area (Å²) < 4.78 is 3.63. The maximum Gasteiger partial charge on any atom is 0.260 e. The highest BCUT2D eigenvalue weighted by molar-refractivity contribution is 7.12. The third kappa shape index (κ3) is 4.84. The number of allylic oxidation sites excluding steroid dienone is 1. The summed E-state index contributed by atoms with van der Waals surface area (Å²) in [6.07, 6.45) is 11.6. The zero-order valence-corrected chi connectivity index (χ0v) is 22.9. The number of pyridine rings is 1. The third-order valence-electron chi connectivity index (χ3n) is 7.84. The van der Waals surface area contributed by atoms with Crippen LogP contribution in [-0.2, 0) is 6.54 Å². The molecule has 202 valence electrons. The van der Waals surface area contributed by atoms with E-state index < -0.39 is 0 Å². The van der Waals surface area contributed by atoms with Crippen LogP contribution in [0.25, 0.3) is 21.7 Å². The van der Waals surface area contributed by atoms with Crippen LogP contribution in [0, 0.1) is 5.92 Å². The van der Waals surface area contributed by atoms with E-state index in [1.54, 1.807) is 29.5 Å². The van der Waals surface area contributed by atoms with Crippen molar-refractivity contribution in [2.45, 2.75) is 38.1 Å². The quantitative estimate of drug-likeness (QED) is 0.277. The summed E-state index contributed by atoms with van der Waals surface area (Å²) >= 11 is 1.52. The second-order valence-corrected chi connectivity index (χ2v) is 11.5. The van der Waals surface area contributed by atoms with Gasteiger partial charge in [-0.05, 0) is 73.4 Å². The van der Waals surface area contributed by atoms with E-state index in [0.29, 0.717) is 35.5 Å². The van der Waals surface area contributed by atoms with Crippen LogP contribution in [0.5, 0.6) is 0 Å². The van der Waals surface area contributed by atoms with Crippen molar-refractivity contribution in [2.24, 2.45) is 5.92 Å². The first-order valence-electron chi connectivity index (χ1n) is 13.7. The summed E-state index contributed by atoms with van der Waals surface area (Å²) in [6.45, 7) is 6.69. The zero-order valence-electron chi connectivity index (χ0n) is 22.1. The average molecular weight is 551 g/mol. The minimum absolute atomic E-state index is 0.105. The van der Waals surface area contributed by atoms with E-state index in [1.807, 2.05) is 16.0 Å². The number of thiazole rings is 1. The van der Waals surface area contributed by atoms with Gasteiger partial charge in [-0.15, -0.1) is 11.3 Å². The number of anilines is 2. The summed E-state index contributed by atoms with van der Waals surface area (Å²) in [5, 5.41) is 10.3. The Hall–Kier alpha value is -4.15. The van der Waals surface area contributed by atoms with Gasteiger partial charge in [-0.25, -0.2) is 15.0 Å². The summed E-state index contributed by atoms with van der Waals surface area (Å²) in [4.78, 5) is 32.1. The topological polar surface area (TPSA) is 103 Å². The van der Waals surface area contributed by atoms with Crippen molar-refractivity contribution in [1.82, 2.24) is 34.4 Å².